The molecule has 2 N–H and O–H groups in total. The molecule has 0 fully saturated rings. The van der Waals surface area contributed by atoms with Crippen LogP contribution < -0.4 is 5.73 Å². The summed E-state index contributed by atoms with van der Waals surface area (Å²) in [5.41, 5.74) is 6.64. The largest absolute Gasteiger partial charge is 0.397 e. The first-order valence-corrected chi connectivity index (χ1v) is 5.61. The van der Waals surface area contributed by atoms with E-state index in [2.05, 4.69) is 4.98 Å². The Morgan fingerprint density at radius 1 is 1.65 bits per heavy atom. The van der Waals surface area contributed by atoms with Gasteiger partial charge < -0.3 is 15.4 Å². The highest BCUT2D eigenvalue weighted by atomic mass is 16.5. The number of nitrogen functional groups attached to an aromatic ring is 1. The van der Waals surface area contributed by atoms with E-state index in [-0.39, 0.29) is 11.9 Å². The number of carbonyl (C=O) groups is 1. The second-order valence-corrected chi connectivity index (χ2v) is 3.86. The van der Waals surface area contributed by atoms with Crippen molar-refractivity contribution < 1.29 is 9.53 Å². The number of likely N-dealkylation sites (N-methyl/N-ethyl adjacent to an activating group) is 1. The molecule has 94 valence electrons. The molecule has 0 aromatic carbocycles. The van der Waals surface area contributed by atoms with E-state index in [0.717, 1.165) is 0 Å². The summed E-state index contributed by atoms with van der Waals surface area (Å²) in [5.74, 6) is -0.0862. The van der Waals surface area contributed by atoms with Gasteiger partial charge in [0.2, 0.25) is 0 Å². The third kappa shape index (κ3) is 3.17. The number of anilines is 1. The SMILES string of the molecule is CCN(C(=O)c1ccncc1N)C(C)COC. The van der Waals surface area contributed by atoms with Crippen molar-refractivity contribution in [3.05, 3.63) is 24.0 Å². The maximum absolute atomic E-state index is 12.3. The van der Waals surface area contributed by atoms with Crippen molar-refractivity contribution >= 4 is 11.6 Å². The molecule has 5 heteroatoms. The smallest absolute Gasteiger partial charge is 0.256 e. The predicted octanol–water partition coefficient (Wildman–Crippen LogP) is 1.16. The minimum Gasteiger partial charge on any atom is -0.397 e. The molecular weight excluding hydrogens is 218 g/mol. The number of hydrogen-bond acceptors (Lipinski definition) is 4. The highest BCUT2D eigenvalue weighted by Crippen LogP contribution is 2.14. The van der Waals surface area contributed by atoms with Crippen LogP contribution in [0.15, 0.2) is 18.5 Å². The summed E-state index contributed by atoms with van der Waals surface area (Å²) in [5, 5.41) is 0. The van der Waals surface area contributed by atoms with Gasteiger partial charge in [-0.05, 0) is 19.9 Å². The van der Waals surface area contributed by atoms with Crippen molar-refractivity contribution in [3.63, 3.8) is 0 Å². The van der Waals surface area contributed by atoms with Crippen LogP contribution in [0.3, 0.4) is 0 Å². The van der Waals surface area contributed by atoms with Gasteiger partial charge in [0.1, 0.15) is 0 Å². The van der Waals surface area contributed by atoms with E-state index >= 15 is 0 Å². The molecule has 0 aliphatic heterocycles. The van der Waals surface area contributed by atoms with Crippen LogP contribution in [0.5, 0.6) is 0 Å². The summed E-state index contributed by atoms with van der Waals surface area (Å²) in [7, 11) is 1.62. The van der Waals surface area contributed by atoms with Crippen LogP contribution in [0.4, 0.5) is 5.69 Å². The third-order valence-corrected chi connectivity index (χ3v) is 2.62. The van der Waals surface area contributed by atoms with Crippen molar-refractivity contribution in [1.29, 1.82) is 0 Å². The summed E-state index contributed by atoms with van der Waals surface area (Å²) in [6.45, 7) is 5.00. The van der Waals surface area contributed by atoms with E-state index in [0.29, 0.717) is 24.4 Å². The number of aromatic nitrogens is 1. The molecule has 1 aromatic rings. The van der Waals surface area contributed by atoms with Crippen LogP contribution in [0.1, 0.15) is 24.2 Å². The van der Waals surface area contributed by atoms with Crippen molar-refractivity contribution in [3.8, 4) is 0 Å². The van der Waals surface area contributed by atoms with Crippen LogP contribution in [0.25, 0.3) is 0 Å². The predicted molar refractivity (Wildman–Crippen MR) is 66.7 cm³/mol. The Balaban J connectivity index is 2.90. The van der Waals surface area contributed by atoms with Gasteiger partial charge in [0.15, 0.2) is 0 Å². The Morgan fingerprint density at radius 3 is 2.88 bits per heavy atom. The second kappa shape index (κ2) is 6.20. The Hall–Kier alpha value is -1.62. The van der Waals surface area contributed by atoms with E-state index in [1.807, 2.05) is 13.8 Å². The van der Waals surface area contributed by atoms with Gasteiger partial charge in [-0.25, -0.2) is 0 Å². The molecule has 0 saturated heterocycles. The highest BCUT2D eigenvalue weighted by Gasteiger charge is 2.21. The molecule has 0 radical (unpaired) electrons. The fourth-order valence-electron chi connectivity index (χ4n) is 1.74. The molecule has 1 unspecified atom stereocenters. The summed E-state index contributed by atoms with van der Waals surface area (Å²) in [6, 6.07) is 1.66. The number of ether oxygens (including phenoxy) is 1. The van der Waals surface area contributed by atoms with Crippen LogP contribution >= 0.6 is 0 Å². The molecule has 17 heavy (non-hydrogen) atoms. The van der Waals surface area contributed by atoms with Gasteiger partial charge in [-0.2, -0.15) is 0 Å². The van der Waals surface area contributed by atoms with E-state index in [1.54, 1.807) is 24.3 Å². The minimum atomic E-state index is -0.0862. The standard InChI is InChI=1S/C12H19N3O2/c1-4-15(9(2)8-17-3)12(16)10-5-6-14-7-11(10)13/h5-7,9H,4,8,13H2,1-3H3. The van der Waals surface area contributed by atoms with Crippen LogP contribution in [-0.2, 0) is 4.74 Å². The number of nitrogens with two attached hydrogens (primary N) is 1. The fourth-order valence-corrected chi connectivity index (χ4v) is 1.74. The molecule has 1 atom stereocenters. The van der Waals surface area contributed by atoms with Crippen LogP contribution in [0.2, 0.25) is 0 Å². The number of nitrogens with zero attached hydrogens (tertiary/aromatic N) is 2. The first kappa shape index (κ1) is 13.4. The lowest BCUT2D eigenvalue weighted by atomic mass is 10.1. The van der Waals surface area contributed by atoms with Gasteiger partial charge in [-0.15, -0.1) is 0 Å². The molecule has 0 bridgehead atoms. The monoisotopic (exact) mass is 237 g/mol. The van der Waals surface area contributed by atoms with Crippen molar-refractivity contribution in [2.24, 2.45) is 0 Å². The van der Waals surface area contributed by atoms with E-state index in [4.69, 9.17) is 10.5 Å². The number of pyridine rings is 1. The molecule has 1 amide bonds. The number of methoxy groups -OCH3 is 1. The zero-order valence-corrected chi connectivity index (χ0v) is 10.5. The summed E-state index contributed by atoms with van der Waals surface area (Å²) in [6.07, 6.45) is 3.06. The van der Waals surface area contributed by atoms with Gasteiger partial charge in [0.05, 0.1) is 30.1 Å². The van der Waals surface area contributed by atoms with Crippen LogP contribution in [0, 0.1) is 0 Å². The first-order valence-electron chi connectivity index (χ1n) is 5.61. The average Bonchev–Trinajstić information content (AvgIpc) is 2.30. The Bertz CT molecular complexity index is 382. The normalized spacial score (nSPS) is 12.2. The Kier molecular flexibility index (Phi) is 4.90. The van der Waals surface area contributed by atoms with E-state index in [9.17, 15) is 4.79 Å². The number of amides is 1. The van der Waals surface area contributed by atoms with Gasteiger partial charge in [0.25, 0.3) is 5.91 Å². The van der Waals surface area contributed by atoms with Gasteiger partial charge in [-0.3, -0.25) is 9.78 Å². The number of rotatable bonds is 5. The quantitative estimate of drug-likeness (QED) is 0.834. The third-order valence-electron chi connectivity index (χ3n) is 2.62. The molecule has 5 nitrogen and oxygen atoms in total. The molecule has 1 aromatic heterocycles. The molecule has 1 heterocycles. The van der Waals surface area contributed by atoms with Crippen LogP contribution in [-0.4, -0.2) is 42.1 Å². The van der Waals surface area contributed by atoms with E-state index in [1.165, 1.54) is 6.20 Å². The maximum Gasteiger partial charge on any atom is 0.256 e. The zero-order chi connectivity index (χ0) is 12.8. The Labute approximate surface area is 102 Å². The number of hydrogen-bond donors (Lipinski definition) is 1. The van der Waals surface area contributed by atoms with Gasteiger partial charge >= 0.3 is 0 Å². The minimum absolute atomic E-state index is 0.0186. The lowest BCUT2D eigenvalue weighted by Crippen LogP contribution is -2.41. The Morgan fingerprint density at radius 2 is 2.35 bits per heavy atom. The lowest BCUT2D eigenvalue weighted by molar-refractivity contribution is 0.0580. The topological polar surface area (TPSA) is 68.5 Å². The fraction of sp³-hybridized carbons (Fsp3) is 0.500. The zero-order valence-electron chi connectivity index (χ0n) is 10.5. The second-order valence-electron chi connectivity index (χ2n) is 3.86. The number of carbonyl (C=O) groups excluding carboxylic acids is 1. The highest BCUT2D eigenvalue weighted by molar-refractivity contribution is 5.99. The molecule has 1 rings (SSSR count). The van der Waals surface area contributed by atoms with Gasteiger partial charge in [0, 0.05) is 19.9 Å². The van der Waals surface area contributed by atoms with Crippen molar-refractivity contribution in [2.45, 2.75) is 19.9 Å². The summed E-state index contributed by atoms with van der Waals surface area (Å²) in [4.78, 5) is 17.9. The van der Waals surface area contributed by atoms with Crippen molar-refractivity contribution in [2.75, 3.05) is 26.0 Å². The summed E-state index contributed by atoms with van der Waals surface area (Å²) >= 11 is 0. The maximum atomic E-state index is 12.3. The first-order chi connectivity index (χ1) is 8.11. The molecule has 0 saturated carbocycles. The molecule has 0 aliphatic rings. The average molecular weight is 237 g/mol. The molecule has 0 aliphatic carbocycles. The van der Waals surface area contributed by atoms with E-state index < -0.39 is 0 Å². The van der Waals surface area contributed by atoms with Gasteiger partial charge in [-0.1, -0.05) is 0 Å². The molecule has 0 spiro atoms. The summed E-state index contributed by atoms with van der Waals surface area (Å²) < 4.78 is 5.07. The van der Waals surface area contributed by atoms with Crippen molar-refractivity contribution in [1.82, 2.24) is 9.88 Å². The lowest BCUT2D eigenvalue weighted by Gasteiger charge is -2.27. The molecular formula is C12H19N3O2.